The van der Waals surface area contributed by atoms with E-state index < -0.39 is 34.7 Å². The SMILES string of the molecule is O=C1NS(=O)(=O)CC=CCCCCOc2ccc(cc2)CNc2nc(nc(OCC(F)(F)F)n2)Nc2ccc1cc2. The van der Waals surface area contributed by atoms with Gasteiger partial charge in [0, 0.05) is 17.8 Å². The Morgan fingerprint density at radius 2 is 1.66 bits per heavy atom. The number of carbonyl (C=O) groups is 1. The number of allylic oxidation sites excluding steroid dienone is 1. The van der Waals surface area contributed by atoms with E-state index in [-0.39, 0.29) is 29.8 Å². The van der Waals surface area contributed by atoms with E-state index in [1.807, 2.05) is 16.9 Å². The predicted molar refractivity (Wildman–Crippen MR) is 145 cm³/mol. The average molecular weight is 593 g/mol. The largest absolute Gasteiger partial charge is 0.494 e. The third-order valence-corrected chi connectivity index (χ3v) is 6.65. The zero-order chi connectivity index (χ0) is 29.3. The lowest BCUT2D eigenvalue weighted by Gasteiger charge is -2.12. The van der Waals surface area contributed by atoms with Crippen LogP contribution in [0.3, 0.4) is 0 Å². The molecule has 3 N–H and O–H groups in total. The molecule has 4 heterocycles. The molecule has 0 atom stereocenters. The van der Waals surface area contributed by atoms with Crippen LogP contribution >= 0.6 is 0 Å². The Bertz CT molecular complexity index is 1470. The fraction of sp³-hybridized carbons (Fsp3) is 0.308. The minimum absolute atomic E-state index is 0.0414. The van der Waals surface area contributed by atoms with E-state index in [1.165, 1.54) is 30.3 Å². The van der Waals surface area contributed by atoms with Gasteiger partial charge in [-0.25, -0.2) is 13.1 Å². The standard InChI is InChI=1S/C26H27F3N6O5S/c27-26(28,29)17-40-25-33-23-30-16-18-6-12-21(13-7-18)39-14-4-2-1-3-5-15-41(37,38)35-22(36)19-8-10-20(11-9-19)31-24(32-23)34-25/h3,5-13H,1-2,4,14-17H2,(H,35,36)(H2,30,31,32,33,34). The molecular formula is C26H27F3N6O5S. The number of carbonyl (C=O) groups excluding carboxylic acids is 1. The van der Waals surface area contributed by atoms with Gasteiger partial charge in [0.15, 0.2) is 6.61 Å². The first-order valence-electron chi connectivity index (χ1n) is 12.5. The molecule has 15 heteroatoms. The molecule has 0 unspecified atom stereocenters. The number of aromatic nitrogens is 3. The highest BCUT2D eigenvalue weighted by Crippen LogP contribution is 2.21. The van der Waals surface area contributed by atoms with Crippen molar-refractivity contribution in [2.24, 2.45) is 0 Å². The number of anilines is 3. The van der Waals surface area contributed by atoms with E-state index in [2.05, 4.69) is 25.6 Å². The highest BCUT2D eigenvalue weighted by atomic mass is 32.2. The maximum Gasteiger partial charge on any atom is 0.422 e. The van der Waals surface area contributed by atoms with Crippen LogP contribution in [0.25, 0.3) is 0 Å². The van der Waals surface area contributed by atoms with E-state index >= 15 is 0 Å². The van der Waals surface area contributed by atoms with Crippen molar-refractivity contribution in [3.8, 4) is 11.8 Å². The van der Waals surface area contributed by atoms with Crippen molar-refractivity contribution >= 4 is 33.5 Å². The summed E-state index contributed by atoms with van der Waals surface area (Å²) in [6.45, 7) is -0.874. The highest BCUT2D eigenvalue weighted by molar-refractivity contribution is 7.90. The summed E-state index contributed by atoms with van der Waals surface area (Å²) < 4.78 is 75.3. The van der Waals surface area contributed by atoms with E-state index in [0.29, 0.717) is 24.5 Å². The van der Waals surface area contributed by atoms with E-state index in [0.717, 1.165) is 18.4 Å². The number of nitrogens with zero attached hydrogens (tertiary/aromatic N) is 3. The van der Waals surface area contributed by atoms with Gasteiger partial charge in [-0.3, -0.25) is 4.79 Å². The molecule has 218 valence electrons. The summed E-state index contributed by atoms with van der Waals surface area (Å²) in [5, 5.41) is 5.76. The molecular weight excluding hydrogens is 565 g/mol. The van der Waals surface area contributed by atoms with Crippen molar-refractivity contribution in [1.29, 1.82) is 0 Å². The number of sulfonamides is 1. The molecule has 3 aliphatic rings. The van der Waals surface area contributed by atoms with Gasteiger partial charge in [0.05, 0.1) is 12.4 Å². The van der Waals surface area contributed by atoms with Gasteiger partial charge in [-0.15, -0.1) is 0 Å². The van der Waals surface area contributed by atoms with E-state index in [1.54, 1.807) is 18.2 Å². The molecule has 6 rings (SSSR count). The topological polar surface area (TPSA) is 144 Å². The number of benzene rings is 2. The summed E-state index contributed by atoms with van der Waals surface area (Å²) in [6, 6.07) is 12.3. The van der Waals surface area contributed by atoms with Gasteiger partial charge >= 0.3 is 12.2 Å². The highest BCUT2D eigenvalue weighted by Gasteiger charge is 2.29. The Kier molecular flexibility index (Phi) is 9.60. The minimum atomic E-state index is -4.60. The monoisotopic (exact) mass is 592 g/mol. The smallest absolute Gasteiger partial charge is 0.422 e. The molecule has 1 aromatic heterocycles. The third-order valence-electron chi connectivity index (χ3n) is 5.52. The summed E-state index contributed by atoms with van der Waals surface area (Å²) in [7, 11) is -3.90. The molecule has 41 heavy (non-hydrogen) atoms. The van der Waals surface area contributed by atoms with Crippen molar-refractivity contribution in [1.82, 2.24) is 19.7 Å². The number of alkyl halides is 3. The zero-order valence-corrected chi connectivity index (χ0v) is 22.5. The van der Waals surface area contributed by atoms with E-state index in [9.17, 15) is 26.4 Å². The normalized spacial score (nSPS) is 16.3. The number of hydrogen-bond acceptors (Lipinski definition) is 10. The van der Waals surface area contributed by atoms with Crippen LogP contribution in [0.5, 0.6) is 11.8 Å². The number of fused-ring (bicyclic) bond motifs is 2. The summed E-state index contributed by atoms with van der Waals surface area (Å²) >= 11 is 0. The number of rotatable bonds is 2. The van der Waals surface area contributed by atoms with Crippen molar-refractivity contribution in [2.75, 3.05) is 29.6 Å². The maximum atomic E-state index is 12.7. The number of halogens is 3. The Balaban J connectivity index is 1.58. The molecule has 0 aliphatic carbocycles. The molecule has 0 fully saturated rings. The average Bonchev–Trinajstić information content (AvgIpc) is 2.92. The van der Waals surface area contributed by atoms with Crippen molar-refractivity contribution in [2.45, 2.75) is 32.0 Å². The molecule has 0 spiro atoms. The zero-order valence-electron chi connectivity index (χ0n) is 21.6. The van der Waals surface area contributed by atoms with Crippen LogP contribution < -0.4 is 24.8 Å². The van der Waals surface area contributed by atoms with Crippen LogP contribution in [0.2, 0.25) is 0 Å². The van der Waals surface area contributed by atoms with Gasteiger partial charge in [-0.05, 0) is 61.2 Å². The fourth-order valence-electron chi connectivity index (χ4n) is 3.53. The quantitative estimate of drug-likeness (QED) is 0.368. The van der Waals surface area contributed by atoms with Gasteiger partial charge < -0.3 is 20.1 Å². The minimum Gasteiger partial charge on any atom is -0.494 e. The first kappa shape index (κ1) is 29.6. The Morgan fingerprint density at radius 1 is 0.927 bits per heavy atom. The van der Waals surface area contributed by atoms with Crippen molar-refractivity contribution in [3.63, 3.8) is 0 Å². The van der Waals surface area contributed by atoms with Gasteiger partial charge in [0.25, 0.3) is 5.91 Å². The van der Waals surface area contributed by atoms with Crippen molar-refractivity contribution < 1.29 is 35.9 Å². The first-order valence-corrected chi connectivity index (χ1v) is 14.2. The molecule has 0 saturated carbocycles. The second kappa shape index (κ2) is 13.3. The molecule has 6 bridgehead atoms. The molecule has 1 amide bonds. The number of amides is 1. The van der Waals surface area contributed by atoms with Crippen LogP contribution in [0.15, 0.2) is 60.7 Å². The van der Waals surface area contributed by atoms with Crippen LogP contribution in [0.1, 0.15) is 35.2 Å². The molecule has 11 nitrogen and oxygen atoms in total. The lowest BCUT2D eigenvalue weighted by Crippen LogP contribution is -2.32. The number of ether oxygens (including phenoxy) is 2. The molecule has 3 aliphatic heterocycles. The van der Waals surface area contributed by atoms with Gasteiger partial charge in [0.2, 0.25) is 21.9 Å². The Labute approximate surface area is 234 Å². The Morgan fingerprint density at radius 3 is 2.39 bits per heavy atom. The van der Waals surface area contributed by atoms with Gasteiger partial charge in [-0.1, -0.05) is 24.3 Å². The number of hydrogen-bond donors (Lipinski definition) is 3. The third kappa shape index (κ3) is 9.94. The summed E-state index contributed by atoms with van der Waals surface area (Å²) in [4.78, 5) is 24.5. The summed E-state index contributed by atoms with van der Waals surface area (Å²) in [5.41, 5.74) is 1.28. The molecule has 3 aromatic rings. The maximum absolute atomic E-state index is 12.7. The van der Waals surface area contributed by atoms with Crippen molar-refractivity contribution in [3.05, 3.63) is 71.8 Å². The van der Waals surface area contributed by atoms with Crippen LogP contribution in [0.4, 0.5) is 30.8 Å². The van der Waals surface area contributed by atoms with Crippen LogP contribution in [-0.2, 0) is 16.6 Å². The second-order valence-electron chi connectivity index (χ2n) is 8.90. The second-order valence-corrected chi connectivity index (χ2v) is 10.7. The van der Waals surface area contributed by atoms with Crippen LogP contribution in [0, 0.1) is 0 Å². The van der Waals surface area contributed by atoms with Gasteiger partial charge in [0.1, 0.15) is 5.75 Å². The summed E-state index contributed by atoms with van der Waals surface area (Å²) in [5.74, 6) is -0.665. The number of nitrogens with one attached hydrogen (secondary N) is 3. The fourth-order valence-corrected chi connectivity index (χ4v) is 4.40. The van der Waals surface area contributed by atoms with Crippen LogP contribution in [-0.4, -0.2) is 54.4 Å². The lowest BCUT2D eigenvalue weighted by atomic mass is 10.2. The first-order chi connectivity index (χ1) is 19.5. The predicted octanol–water partition coefficient (Wildman–Crippen LogP) is 4.35. The van der Waals surface area contributed by atoms with E-state index in [4.69, 9.17) is 9.47 Å². The molecule has 2 aromatic carbocycles. The Hall–Kier alpha value is -4.40. The molecule has 0 saturated heterocycles. The lowest BCUT2D eigenvalue weighted by molar-refractivity contribution is -0.154. The molecule has 0 radical (unpaired) electrons. The van der Waals surface area contributed by atoms with Gasteiger partial charge in [-0.2, -0.15) is 28.1 Å². The summed E-state index contributed by atoms with van der Waals surface area (Å²) in [6.07, 6.45) is 0.837.